The summed E-state index contributed by atoms with van der Waals surface area (Å²) in [6.45, 7) is 6.57. The van der Waals surface area contributed by atoms with Gasteiger partial charge in [0.05, 0.1) is 0 Å². The number of benzene rings is 2. The van der Waals surface area contributed by atoms with E-state index in [1.165, 1.54) is 10.8 Å². The van der Waals surface area contributed by atoms with Gasteiger partial charge in [0.25, 0.3) is 0 Å². The number of rotatable bonds is 2. The van der Waals surface area contributed by atoms with Gasteiger partial charge in [0, 0.05) is 0 Å². The molecule has 2 heteroatoms. The molecule has 2 rings (SSSR count). The van der Waals surface area contributed by atoms with Crippen LogP contribution in [-0.2, 0) is 0 Å². The van der Waals surface area contributed by atoms with E-state index in [-0.39, 0.29) is 0 Å². The van der Waals surface area contributed by atoms with Crippen LogP contribution in [0.5, 0.6) is 5.75 Å². The molecule has 0 aliphatic heterocycles. The van der Waals surface area contributed by atoms with Gasteiger partial charge in [-0.05, 0) is 54.7 Å². The Morgan fingerprint density at radius 3 is 2.60 bits per heavy atom. The van der Waals surface area contributed by atoms with Crippen LogP contribution in [0, 0.1) is 6.07 Å². The zero-order valence-corrected chi connectivity index (χ0v) is 10.4. The molecule has 1 nitrogen and oxygen atoms in total. The summed E-state index contributed by atoms with van der Waals surface area (Å²) in [5, 5.41) is 2.42. The highest BCUT2D eigenvalue weighted by Gasteiger charge is 2.15. The first-order valence-corrected chi connectivity index (χ1v) is 8.54. The van der Waals surface area contributed by atoms with E-state index < -0.39 is 8.32 Å². The van der Waals surface area contributed by atoms with E-state index in [2.05, 4.69) is 43.9 Å². The van der Waals surface area contributed by atoms with Gasteiger partial charge < -0.3 is 4.43 Å². The average Bonchev–Trinajstić information content (AvgIpc) is 2.15. The molecule has 0 amide bonds. The number of hydrogen-bond acceptors (Lipinski definition) is 1. The van der Waals surface area contributed by atoms with Crippen molar-refractivity contribution in [1.29, 1.82) is 0 Å². The van der Waals surface area contributed by atoms with Crippen LogP contribution in [0.15, 0.2) is 36.4 Å². The monoisotopic (exact) mass is 215 g/mol. The molecular formula is C13H15OSi. The molecule has 0 heterocycles. The lowest BCUT2D eigenvalue weighted by atomic mass is 10.1. The van der Waals surface area contributed by atoms with Crippen molar-refractivity contribution in [2.24, 2.45) is 0 Å². The maximum atomic E-state index is 5.93. The predicted octanol–water partition coefficient (Wildman–Crippen LogP) is 3.85. The van der Waals surface area contributed by atoms with Gasteiger partial charge in [-0.1, -0.05) is 18.2 Å². The molecule has 77 valence electrons. The fourth-order valence-corrected chi connectivity index (χ4v) is 2.36. The van der Waals surface area contributed by atoms with Gasteiger partial charge in [0.2, 0.25) is 8.32 Å². The lowest BCUT2D eigenvalue weighted by Crippen LogP contribution is -2.29. The van der Waals surface area contributed by atoms with Crippen LogP contribution in [0.2, 0.25) is 19.6 Å². The molecule has 2 aromatic carbocycles. The summed E-state index contributed by atoms with van der Waals surface area (Å²) in [6, 6.07) is 15.3. The molecule has 0 aromatic heterocycles. The van der Waals surface area contributed by atoms with Gasteiger partial charge in [-0.15, -0.1) is 0 Å². The minimum absolute atomic E-state index is 0.973. The molecule has 0 atom stereocenters. The number of fused-ring (bicyclic) bond motifs is 1. The smallest absolute Gasteiger partial charge is 0.242 e. The van der Waals surface area contributed by atoms with Crippen molar-refractivity contribution < 1.29 is 4.43 Å². The summed E-state index contributed by atoms with van der Waals surface area (Å²) in [7, 11) is -1.50. The second kappa shape index (κ2) is 3.70. The van der Waals surface area contributed by atoms with E-state index in [0.29, 0.717) is 0 Å². The number of hydrogen-bond donors (Lipinski definition) is 0. The summed E-state index contributed by atoms with van der Waals surface area (Å²) in [6.07, 6.45) is 0. The quantitative estimate of drug-likeness (QED) is 0.691. The van der Waals surface area contributed by atoms with Gasteiger partial charge in [-0.2, -0.15) is 0 Å². The van der Waals surface area contributed by atoms with E-state index in [1.807, 2.05) is 18.2 Å². The largest absolute Gasteiger partial charge is 0.544 e. The molecule has 0 saturated heterocycles. The lowest BCUT2D eigenvalue weighted by molar-refractivity contribution is 0.558. The van der Waals surface area contributed by atoms with E-state index in [1.54, 1.807) is 0 Å². The van der Waals surface area contributed by atoms with Crippen LogP contribution in [0.3, 0.4) is 0 Å². The van der Waals surface area contributed by atoms with Crippen molar-refractivity contribution in [3.05, 3.63) is 42.5 Å². The Morgan fingerprint density at radius 2 is 1.87 bits per heavy atom. The third kappa shape index (κ3) is 2.60. The molecule has 0 fully saturated rings. The summed E-state index contributed by atoms with van der Waals surface area (Å²) < 4.78 is 5.93. The van der Waals surface area contributed by atoms with Crippen LogP contribution < -0.4 is 4.43 Å². The first-order valence-electron chi connectivity index (χ1n) is 5.13. The molecule has 0 saturated carbocycles. The SMILES string of the molecule is C[Si](C)(C)Oc1ccc2cc[c]cc2c1. The van der Waals surface area contributed by atoms with Crippen molar-refractivity contribution in [3.63, 3.8) is 0 Å². The molecule has 2 aromatic rings. The fourth-order valence-electron chi connectivity index (χ4n) is 1.52. The normalized spacial score (nSPS) is 11.7. The lowest BCUT2D eigenvalue weighted by Gasteiger charge is -2.19. The minimum Gasteiger partial charge on any atom is -0.544 e. The zero-order chi connectivity index (χ0) is 10.9. The third-order valence-corrected chi connectivity index (χ3v) is 2.93. The molecule has 0 spiro atoms. The Bertz CT molecular complexity index is 471. The topological polar surface area (TPSA) is 9.23 Å². The average molecular weight is 215 g/mol. The van der Waals surface area contributed by atoms with Gasteiger partial charge in [-0.25, -0.2) is 0 Å². The van der Waals surface area contributed by atoms with E-state index in [4.69, 9.17) is 4.43 Å². The maximum absolute atomic E-state index is 5.93. The van der Waals surface area contributed by atoms with Crippen LogP contribution in [-0.4, -0.2) is 8.32 Å². The standard InChI is InChI=1S/C13H15OSi/c1-15(2,3)14-13-9-8-11-6-4-5-7-12(11)10-13/h4,6-10H,1-3H3. The minimum atomic E-state index is -1.50. The van der Waals surface area contributed by atoms with E-state index in [0.717, 1.165) is 5.75 Å². The van der Waals surface area contributed by atoms with Gasteiger partial charge in [-0.3, -0.25) is 0 Å². The molecular weight excluding hydrogens is 200 g/mol. The van der Waals surface area contributed by atoms with Crippen molar-refractivity contribution in [2.75, 3.05) is 0 Å². The highest BCUT2D eigenvalue weighted by atomic mass is 28.4. The van der Waals surface area contributed by atoms with Crippen molar-refractivity contribution in [1.82, 2.24) is 0 Å². The van der Waals surface area contributed by atoms with Crippen molar-refractivity contribution in [2.45, 2.75) is 19.6 Å². The van der Waals surface area contributed by atoms with Crippen LogP contribution in [0.25, 0.3) is 10.8 Å². The summed E-state index contributed by atoms with van der Waals surface area (Å²) in [4.78, 5) is 0. The summed E-state index contributed by atoms with van der Waals surface area (Å²) in [5.74, 6) is 0.973. The maximum Gasteiger partial charge on any atom is 0.242 e. The van der Waals surface area contributed by atoms with Gasteiger partial charge >= 0.3 is 0 Å². The Hall–Kier alpha value is -1.28. The molecule has 1 radical (unpaired) electrons. The Kier molecular flexibility index (Phi) is 2.53. The summed E-state index contributed by atoms with van der Waals surface area (Å²) >= 11 is 0. The molecule has 0 bridgehead atoms. The zero-order valence-electron chi connectivity index (χ0n) is 9.37. The van der Waals surface area contributed by atoms with Gasteiger partial charge in [0.15, 0.2) is 0 Å². The second-order valence-corrected chi connectivity index (χ2v) is 9.08. The molecule has 0 unspecified atom stereocenters. The molecule has 0 aliphatic rings. The second-order valence-electron chi connectivity index (χ2n) is 4.65. The Labute approximate surface area is 91.8 Å². The summed E-state index contributed by atoms with van der Waals surface area (Å²) in [5.41, 5.74) is 0. The van der Waals surface area contributed by atoms with Crippen LogP contribution >= 0.6 is 0 Å². The van der Waals surface area contributed by atoms with Crippen molar-refractivity contribution in [3.8, 4) is 5.75 Å². The molecule has 0 N–H and O–H groups in total. The predicted molar refractivity (Wildman–Crippen MR) is 66.8 cm³/mol. The molecule has 0 aliphatic carbocycles. The van der Waals surface area contributed by atoms with Gasteiger partial charge in [0.1, 0.15) is 5.75 Å². The Morgan fingerprint density at radius 1 is 1.07 bits per heavy atom. The van der Waals surface area contributed by atoms with Crippen LogP contribution in [0.4, 0.5) is 0 Å². The third-order valence-electron chi connectivity index (χ3n) is 2.08. The van der Waals surface area contributed by atoms with Crippen molar-refractivity contribution >= 4 is 19.1 Å². The fraction of sp³-hybridized carbons (Fsp3) is 0.231. The first-order chi connectivity index (χ1) is 7.04. The first kappa shape index (κ1) is 10.2. The van der Waals surface area contributed by atoms with Crippen LogP contribution in [0.1, 0.15) is 0 Å². The van der Waals surface area contributed by atoms with E-state index in [9.17, 15) is 0 Å². The highest BCUT2D eigenvalue weighted by molar-refractivity contribution is 6.70. The Balaban J connectivity index is 2.39. The molecule has 15 heavy (non-hydrogen) atoms. The highest BCUT2D eigenvalue weighted by Crippen LogP contribution is 2.22. The van der Waals surface area contributed by atoms with E-state index >= 15 is 0 Å².